The number of carboxylic acid groups (broad SMARTS) is 1. The number of hydrogen-bond donors (Lipinski definition) is 2. The van der Waals surface area contributed by atoms with Crippen LogP contribution in [0.25, 0.3) is 0 Å². The third kappa shape index (κ3) is 6.38. The molecule has 84 valence electrons. The maximum atomic E-state index is 11.5. The molecule has 0 heterocycles. The second-order valence-electron chi connectivity index (χ2n) is 2.87. The van der Waals surface area contributed by atoms with Gasteiger partial charge in [-0.25, -0.2) is 0 Å². The van der Waals surface area contributed by atoms with E-state index >= 15 is 0 Å². The number of carbonyl (C=O) groups is 2. The molecule has 0 aromatic heterocycles. The first-order valence-electron chi connectivity index (χ1n) is 4.43. The van der Waals surface area contributed by atoms with E-state index in [1.54, 1.807) is 30.3 Å². The first kappa shape index (κ1) is 16.1. The van der Waals surface area contributed by atoms with Gasteiger partial charge >= 0.3 is 29.6 Å². The first-order valence-corrected chi connectivity index (χ1v) is 4.84. The molecule has 0 unspecified atom stereocenters. The summed E-state index contributed by atoms with van der Waals surface area (Å²) in [5.74, 6) is -1.69. The fourth-order valence-corrected chi connectivity index (χ4v) is 1.13. The van der Waals surface area contributed by atoms with E-state index in [1.165, 1.54) is 0 Å². The summed E-state index contributed by atoms with van der Waals surface area (Å²) in [7, 11) is 0. The van der Waals surface area contributed by atoms with Crippen LogP contribution in [0.2, 0.25) is 0 Å². The van der Waals surface area contributed by atoms with E-state index in [2.05, 4.69) is 10.6 Å². The van der Waals surface area contributed by atoms with Crippen LogP contribution in [-0.4, -0.2) is 23.5 Å². The van der Waals surface area contributed by atoms with Gasteiger partial charge in [0.05, 0.1) is 12.5 Å². The summed E-state index contributed by atoms with van der Waals surface area (Å²) < 4.78 is 0. The molecular formula is C10H9N2NaO3S. The molecule has 0 spiro atoms. The average Bonchev–Trinajstić information content (AvgIpc) is 2.27. The summed E-state index contributed by atoms with van der Waals surface area (Å²) >= 11 is 4.71. The summed E-state index contributed by atoms with van der Waals surface area (Å²) in [6.07, 6.45) is 0. The van der Waals surface area contributed by atoms with Crippen molar-refractivity contribution in [1.82, 2.24) is 10.6 Å². The maximum Gasteiger partial charge on any atom is 1.00 e. The molecule has 1 aromatic rings. The molecule has 1 rings (SSSR count). The Morgan fingerprint density at radius 2 is 1.82 bits per heavy atom. The standard InChI is InChI=1S/C10H10N2O3S.Na/c13-8(14)6-11-10(16)12-9(15)7-4-2-1-3-5-7;/h1-5H,6H2,(H,13,14)(H2,11,12,15,16);/q;+1/p-1. The Balaban J connectivity index is 0.00000256. The molecular weight excluding hydrogens is 251 g/mol. The Labute approximate surface area is 126 Å². The summed E-state index contributed by atoms with van der Waals surface area (Å²) in [4.78, 5) is 21.6. The van der Waals surface area contributed by atoms with E-state index < -0.39 is 18.4 Å². The van der Waals surface area contributed by atoms with Crippen LogP contribution < -0.4 is 45.3 Å². The fraction of sp³-hybridized carbons (Fsp3) is 0.100. The van der Waals surface area contributed by atoms with Crippen molar-refractivity contribution < 1.29 is 44.3 Å². The monoisotopic (exact) mass is 260 g/mol. The van der Waals surface area contributed by atoms with Gasteiger partial charge in [0.25, 0.3) is 5.91 Å². The van der Waals surface area contributed by atoms with Crippen LogP contribution in [0.4, 0.5) is 0 Å². The maximum absolute atomic E-state index is 11.5. The quantitative estimate of drug-likeness (QED) is 0.428. The number of amides is 1. The van der Waals surface area contributed by atoms with Crippen LogP contribution in [0, 0.1) is 0 Å². The van der Waals surface area contributed by atoms with E-state index in [0.29, 0.717) is 5.56 Å². The Hall–Kier alpha value is -0.950. The third-order valence-corrected chi connectivity index (χ3v) is 1.90. The van der Waals surface area contributed by atoms with Crippen LogP contribution in [0.15, 0.2) is 30.3 Å². The zero-order valence-corrected chi connectivity index (χ0v) is 12.0. The van der Waals surface area contributed by atoms with E-state index in [4.69, 9.17) is 12.2 Å². The SMILES string of the molecule is O=C([O-])CNC(=S)NC(=O)c1ccccc1.[Na+]. The molecule has 5 nitrogen and oxygen atoms in total. The largest absolute Gasteiger partial charge is 1.00 e. The Kier molecular flexibility index (Phi) is 7.73. The van der Waals surface area contributed by atoms with Crippen LogP contribution >= 0.6 is 12.2 Å². The number of thiocarbonyl (C=S) groups is 1. The Morgan fingerprint density at radius 1 is 1.24 bits per heavy atom. The summed E-state index contributed by atoms with van der Waals surface area (Å²) in [6.45, 7) is -0.437. The van der Waals surface area contributed by atoms with Gasteiger partial charge in [-0.1, -0.05) is 18.2 Å². The number of aliphatic carboxylic acids is 1. The van der Waals surface area contributed by atoms with Crippen molar-refractivity contribution in [3.63, 3.8) is 0 Å². The van der Waals surface area contributed by atoms with E-state index in [9.17, 15) is 14.7 Å². The molecule has 0 fully saturated rings. The first-order chi connectivity index (χ1) is 7.59. The third-order valence-electron chi connectivity index (χ3n) is 1.66. The van der Waals surface area contributed by atoms with Gasteiger partial charge in [0.2, 0.25) is 0 Å². The molecule has 0 aliphatic rings. The van der Waals surface area contributed by atoms with Gasteiger partial charge in [-0.2, -0.15) is 0 Å². The molecule has 0 aliphatic heterocycles. The van der Waals surface area contributed by atoms with Crippen LogP contribution in [-0.2, 0) is 4.79 Å². The van der Waals surface area contributed by atoms with Crippen LogP contribution in [0.3, 0.4) is 0 Å². The minimum Gasteiger partial charge on any atom is -0.548 e. The predicted octanol–water partition coefficient (Wildman–Crippen LogP) is -3.96. The second-order valence-corrected chi connectivity index (χ2v) is 3.28. The predicted molar refractivity (Wildman–Crippen MR) is 59.5 cm³/mol. The van der Waals surface area contributed by atoms with Gasteiger partial charge in [-0.15, -0.1) is 0 Å². The van der Waals surface area contributed by atoms with Crippen molar-refractivity contribution in [2.24, 2.45) is 0 Å². The molecule has 1 amide bonds. The summed E-state index contributed by atoms with van der Waals surface area (Å²) in [5, 5.41) is 14.7. The fourth-order valence-electron chi connectivity index (χ4n) is 0.961. The van der Waals surface area contributed by atoms with Gasteiger partial charge in [-0.05, 0) is 24.4 Å². The van der Waals surface area contributed by atoms with Crippen molar-refractivity contribution in [3.05, 3.63) is 35.9 Å². The number of hydrogen-bond acceptors (Lipinski definition) is 4. The van der Waals surface area contributed by atoms with Gasteiger partial charge in [0.1, 0.15) is 0 Å². The Morgan fingerprint density at radius 3 is 2.35 bits per heavy atom. The molecule has 17 heavy (non-hydrogen) atoms. The van der Waals surface area contributed by atoms with Gasteiger partial charge in [-0.3, -0.25) is 10.1 Å². The smallest absolute Gasteiger partial charge is 0.548 e. The molecule has 0 radical (unpaired) electrons. The average molecular weight is 260 g/mol. The zero-order chi connectivity index (χ0) is 12.0. The molecule has 1 aromatic carbocycles. The number of carbonyl (C=O) groups excluding carboxylic acids is 2. The van der Waals surface area contributed by atoms with Gasteiger partial charge < -0.3 is 15.2 Å². The van der Waals surface area contributed by atoms with Crippen LogP contribution in [0.1, 0.15) is 10.4 Å². The molecule has 0 atom stereocenters. The Bertz CT molecular complexity index is 411. The summed E-state index contributed by atoms with van der Waals surface area (Å²) in [5.41, 5.74) is 0.445. The molecule has 0 aliphatic carbocycles. The van der Waals surface area contributed by atoms with Crippen LogP contribution in [0.5, 0.6) is 0 Å². The van der Waals surface area contributed by atoms with E-state index in [1.807, 2.05) is 0 Å². The minimum absolute atomic E-state index is 0. The zero-order valence-electron chi connectivity index (χ0n) is 9.23. The van der Waals surface area contributed by atoms with Crippen molar-refractivity contribution in [2.75, 3.05) is 6.54 Å². The van der Waals surface area contributed by atoms with Gasteiger partial charge in [0, 0.05) is 5.56 Å². The van der Waals surface area contributed by atoms with Crippen molar-refractivity contribution >= 4 is 29.2 Å². The molecule has 0 saturated carbocycles. The molecule has 2 N–H and O–H groups in total. The minimum atomic E-state index is -1.30. The number of benzene rings is 1. The van der Waals surface area contributed by atoms with Crippen molar-refractivity contribution in [3.8, 4) is 0 Å². The van der Waals surface area contributed by atoms with E-state index in [0.717, 1.165) is 0 Å². The number of carboxylic acids is 1. The van der Waals surface area contributed by atoms with Crippen molar-refractivity contribution in [2.45, 2.75) is 0 Å². The van der Waals surface area contributed by atoms with Gasteiger partial charge in [0.15, 0.2) is 5.11 Å². The normalized spacial score (nSPS) is 8.71. The van der Waals surface area contributed by atoms with E-state index in [-0.39, 0.29) is 34.7 Å². The second kappa shape index (κ2) is 8.19. The topological polar surface area (TPSA) is 81.3 Å². The number of nitrogens with one attached hydrogen (secondary N) is 2. The number of rotatable bonds is 3. The molecule has 0 saturated heterocycles. The molecule has 0 bridgehead atoms. The summed E-state index contributed by atoms with van der Waals surface area (Å²) in [6, 6.07) is 8.45. The molecule has 7 heteroatoms. The van der Waals surface area contributed by atoms with Crippen molar-refractivity contribution in [1.29, 1.82) is 0 Å².